The van der Waals surface area contributed by atoms with E-state index in [1.807, 2.05) is 24.3 Å². The molecule has 1 aliphatic rings. The van der Waals surface area contributed by atoms with Crippen molar-refractivity contribution in [3.8, 4) is 0 Å². The van der Waals surface area contributed by atoms with Crippen LogP contribution in [-0.4, -0.2) is 22.2 Å². The minimum atomic E-state index is -1.28. The van der Waals surface area contributed by atoms with Crippen molar-refractivity contribution in [3.05, 3.63) is 64.7 Å². The largest absolute Gasteiger partial charge is 0.478 e. The summed E-state index contributed by atoms with van der Waals surface area (Å²) in [7, 11) is 0. The maximum Gasteiger partial charge on any atom is 0.338 e. The van der Waals surface area contributed by atoms with Crippen molar-refractivity contribution in [1.82, 2.24) is 0 Å². The van der Waals surface area contributed by atoms with E-state index in [1.165, 1.54) is 17.7 Å². The minimum Gasteiger partial charge on any atom is -0.478 e. The third-order valence-electron chi connectivity index (χ3n) is 3.57. The monoisotopic (exact) mass is 295 g/mol. The van der Waals surface area contributed by atoms with Crippen LogP contribution < -0.4 is 5.32 Å². The average molecular weight is 295 g/mol. The number of carbonyl (C=O) groups is 2. The summed E-state index contributed by atoms with van der Waals surface area (Å²) >= 11 is 0. The highest BCUT2D eigenvalue weighted by Crippen LogP contribution is 2.28. The quantitative estimate of drug-likeness (QED) is 0.804. The molecule has 0 radical (unpaired) electrons. The number of carboxylic acid groups (broad SMARTS) is 2. The number of carboxylic acids is 2. The van der Waals surface area contributed by atoms with Gasteiger partial charge >= 0.3 is 11.9 Å². The predicted octanol–water partition coefficient (Wildman–Crippen LogP) is 3.40. The van der Waals surface area contributed by atoms with E-state index in [2.05, 4.69) is 11.4 Å². The highest BCUT2D eigenvalue weighted by atomic mass is 16.4. The summed E-state index contributed by atoms with van der Waals surface area (Å²) in [5, 5.41) is 21.4. The summed E-state index contributed by atoms with van der Waals surface area (Å²) in [5.41, 5.74) is 2.79. The first-order chi connectivity index (χ1) is 10.6. The molecule has 0 bridgehead atoms. The van der Waals surface area contributed by atoms with Gasteiger partial charge in [-0.2, -0.15) is 0 Å². The van der Waals surface area contributed by atoms with Crippen molar-refractivity contribution in [2.75, 3.05) is 5.32 Å². The molecule has 2 aromatic carbocycles. The van der Waals surface area contributed by atoms with Gasteiger partial charge < -0.3 is 15.5 Å². The summed E-state index contributed by atoms with van der Waals surface area (Å²) in [6.07, 6.45) is 4.96. The van der Waals surface area contributed by atoms with Gasteiger partial charge in [0.1, 0.15) is 0 Å². The number of nitrogens with one attached hydrogen (secondary N) is 1. The van der Waals surface area contributed by atoms with Crippen LogP contribution in [0.4, 0.5) is 11.4 Å². The van der Waals surface area contributed by atoms with Gasteiger partial charge in [0.25, 0.3) is 0 Å². The van der Waals surface area contributed by atoms with E-state index in [9.17, 15) is 14.7 Å². The molecule has 0 amide bonds. The average Bonchev–Trinajstić information content (AvgIpc) is 2.94. The Morgan fingerprint density at radius 2 is 1.86 bits per heavy atom. The van der Waals surface area contributed by atoms with Crippen LogP contribution in [0.3, 0.4) is 0 Å². The number of anilines is 2. The zero-order valence-corrected chi connectivity index (χ0v) is 11.5. The lowest BCUT2D eigenvalue weighted by Crippen LogP contribution is -2.11. The van der Waals surface area contributed by atoms with E-state index in [-0.39, 0.29) is 16.8 Å². The molecule has 0 spiro atoms. The van der Waals surface area contributed by atoms with Gasteiger partial charge in [-0.05, 0) is 41.8 Å². The lowest BCUT2D eigenvalue weighted by Gasteiger charge is -2.12. The first kappa shape index (κ1) is 13.9. The van der Waals surface area contributed by atoms with Crippen LogP contribution in [0, 0.1) is 0 Å². The molecular weight excluding hydrogens is 282 g/mol. The Hall–Kier alpha value is -3.08. The Bertz CT molecular complexity index is 808. The normalized spacial score (nSPS) is 12.0. The zero-order valence-electron chi connectivity index (χ0n) is 11.5. The fourth-order valence-corrected chi connectivity index (χ4v) is 2.55. The lowest BCUT2D eigenvalue weighted by molar-refractivity contribution is 0.0652. The number of hydrogen-bond donors (Lipinski definition) is 3. The molecule has 0 unspecified atom stereocenters. The molecule has 3 rings (SSSR count). The first-order valence-electron chi connectivity index (χ1n) is 6.72. The van der Waals surface area contributed by atoms with Crippen molar-refractivity contribution in [3.63, 3.8) is 0 Å². The summed E-state index contributed by atoms with van der Waals surface area (Å²) in [5.74, 6) is -2.54. The van der Waals surface area contributed by atoms with E-state index in [4.69, 9.17) is 5.11 Å². The molecule has 0 saturated carbocycles. The second-order valence-electron chi connectivity index (χ2n) is 4.98. The van der Waals surface area contributed by atoms with Crippen LogP contribution in [0.25, 0.3) is 6.08 Å². The third kappa shape index (κ3) is 2.44. The molecule has 2 aromatic rings. The second kappa shape index (κ2) is 5.37. The van der Waals surface area contributed by atoms with Gasteiger partial charge in [-0.1, -0.05) is 24.3 Å². The van der Waals surface area contributed by atoms with Crippen molar-refractivity contribution in [2.24, 2.45) is 0 Å². The summed E-state index contributed by atoms with van der Waals surface area (Å²) < 4.78 is 0. The highest BCUT2D eigenvalue weighted by molar-refractivity contribution is 6.06. The predicted molar refractivity (Wildman–Crippen MR) is 82.8 cm³/mol. The van der Waals surface area contributed by atoms with Crippen LogP contribution >= 0.6 is 0 Å². The van der Waals surface area contributed by atoms with Crippen LogP contribution in [0.15, 0.2) is 42.5 Å². The summed E-state index contributed by atoms with van der Waals surface area (Å²) in [4.78, 5) is 22.6. The van der Waals surface area contributed by atoms with Crippen LogP contribution in [0.2, 0.25) is 0 Å². The Kier molecular flexibility index (Phi) is 3.39. The van der Waals surface area contributed by atoms with E-state index < -0.39 is 11.9 Å². The molecule has 0 atom stereocenters. The SMILES string of the molecule is O=C(O)c1cccc(Nc2ccc3c(c2)C=CC3)c1C(=O)O. The molecule has 110 valence electrons. The number of rotatable bonds is 4. The van der Waals surface area contributed by atoms with Gasteiger partial charge in [-0.25, -0.2) is 9.59 Å². The molecule has 22 heavy (non-hydrogen) atoms. The van der Waals surface area contributed by atoms with E-state index in [0.717, 1.165) is 17.7 Å². The van der Waals surface area contributed by atoms with Crippen molar-refractivity contribution in [1.29, 1.82) is 0 Å². The molecule has 1 aliphatic carbocycles. The molecule has 0 aromatic heterocycles. The zero-order chi connectivity index (χ0) is 15.7. The molecule has 5 nitrogen and oxygen atoms in total. The standard InChI is InChI=1S/C17H13NO4/c19-16(20)13-5-2-6-14(15(13)17(21)22)18-12-8-7-10-3-1-4-11(10)9-12/h1-2,4-9,18H,3H2,(H,19,20)(H,21,22). The van der Waals surface area contributed by atoms with Gasteiger partial charge in [-0.15, -0.1) is 0 Å². The smallest absolute Gasteiger partial charge is 0.338 e. The van der Waals surface area contributed by atoms with E-state index in [0.29, 0.717) is 0 Å². The summed E-state index contributed by atoms with van der Waals surface area (Å²) in [6.45, 7) is 0. The highest BCUT2D eigenvalue weighted by Gasteiger charge is 2.20. The maximum atomic E-state index is 11.4. The summed E-state index contributed by atoms with van der Waals surface area (Å²) in [6, 6.07) is 10.1. The molecule has 0 fully saturated rings. The molecule has 3 N–H and O–H groups in total. The van der Waals surface area contributed by atoms with Gasteiger partial charge in [0.2, 0.25) is 0 Å². The molecular formula is C17H13NO4. The second-order valence-corrected chi connectivity index (χ2v) is 4.98. The van der Waals surface area contributed by atoms with Gasteiger partial charge in [0.05, 0.1) is 16.8 Å². The molecule has 0 aliphatic heterocycles. The Morgan fingerprint density at radius 3 is 2.59 bits per heavy atom. The number of fused-ring (bicyclic) bond motifs is 1. The van der Waals surface area contributed by atoms with Crippen molar-refractivity contribution >= 4 is 29.4 Å². The minimum absolute atomic E-state index is 0.237. The topological polar surface area (TPSA) is 86.6 Å². The van der Waals surface area contributed by atoms with E-state index >= 15 is 0 Å². The third-order valence-corrected chi connectivity index (χ3v) is 3.57. The van der Waals surface area contributed by atoms with Crippen LogP contribution in [0.1, 0.15) is 31.8 Å². The Morgan fingerprint density at radius 1 is 1.05 bits per heavy atom. The lowest BCUT2D eigenvalue weighted by atomic mass is 10.0. The van der Waals surface area contributed by atoms with Crippen LogP contribution in [-0.2, 0) is 6.42 Å². The molecule has 0 saturated heterocycles. The van der Waals surface area contributed by atoms with Gasteiger partial charge in [-0.3, -0.25) is 0 Å². The number of benzene rings is 2. The van der Waals surface area contributed by atoms with Gasteiger partial charge in [0.15, 0.2) is 0 Å². The molecule has 0 heterocycles. The maximum absolute atomic E-state index is 11.4. The van der Waals surface area contributed by atoms with Crippen molar-refractivity contribution in [2.45, 2.75) is 6.42 Å². The van der Waals surface area contributed by atoms with Gasteiger partial charge in [0, 0.05) is 5.69 Å². The Balaban J connectivity index is 2.02. The van der Waals surface area contributed by atoms with Crippen LogP contribution in [0.5, 0.6) is 0 Å². The number of aromatic carboxylic acids is 2. The Labute approximate surface area is 126 Å². The fraction of sp³-hybridized carbons (Fsp3) is 0.0588. The number of allylic oxidation sites excluding steroid dienone is 1. The van der Waals surface area contributed by atoms with E-state index in [1.54, 1.807) is 6.07 Å². The fourth-order valence-electron chi connectivity index (χ4n) is 2.55. The van der Waals surface area contributed by atoms with Crippen molar-refractivity contribution < 1.29 is 19.8 Å². The first-order valence-corrected chi connectivity index (χ1v) is 6.72. The molecule has 5 heteroatoms. The number of hydrogen-bond acceptors (Lipinski definition) is 3.